The van der Waals surface area contributed by atoms with Gasteiger partial charge in [0.05, 0.1) is 17.4 Å². The number of carbonyl (C=O) groups excluding carboxylic acids is 1. The average molecular weight is 441 g/mol. The quantitative estimate of drug-likeness (QED) is 0.435. The van der Waals surface area contributed by atoms with Gasteiger partial charge in [0.1, 0.15) is 11.6 Å². The minimum Gasteiger partial charge on any atom is -0.326 e. The van der Waals surface area contributed by atoms with Gasteiger partial charge in [0, 0.05) is 18.5 Å². The van der Waals surface area contributed by atoms with E-state index in [2.05, 4.69) is 15.5 Å². The fourth-order valence-electron chi connectivity index (χ4n) is 3.86. The fourth-order valence-corrected chi connectivity index (χ4v) is 3.86. The van der Waals surface area contributed by atoms with Crippen molar-refractivity contribution in [3.63, 3.8) is 0 Å². The van der Waals surface area contributed by atoms with Gasteiger partial charge >= 0.3 is 0 Å². The molecule has 0 bridgehead atoms. The maximum absolute atomic E-state index is 13.3. The van der Waals surface area contributed by atoms with Crippen LogP contribution in [0.15, 0.2) is 83.7 Å². The molecule has 0 saturated heterocycles. The van der Waals surface area contributed by atoms with Crippen molar-refractivity contribution in [2.45, 2.75) is 19.4 Å². The van der Waals surface area contributed by atoms with Crippen LogP contribution < -0.4 is 10.9 Å². The van der Waals surface area contributed by atoms with Gasteiger partial charge in [-0.3, -0.25) is 18.6 Å². The number of aromatic nitrogens is 4. The van der Waals surface area contributed by atoms with Crippen molar-refractivity contribution in [3.8, 4) is 0 Å². The molecule has 0 aliphatic carbocycles. The molecule has 3 aromatic carbocycles. The molecule has 2 heterocycles. The molecule has 33 heavy (non-hydrogen) atoms. The molecule has 0 atom stereocenters. The number of nitrogens with one attached hydrogen (secondary N) is 1. The van der Waals surface area contributed by atoms with Gasteiger partial charge in [-0.15, -0.1) is 10.2 Å². The Balaban J connectivity index is 1.51. The zero-order valence-electron chi connectivity index (χ0n) is 17.6. The number of nitrogens with zero attached hydrogens (tertiary/aromatic N) is 4. The molecule has 5 aromatic rings. The smallest absolute Gasteiger partial charge is 0.263 e. The van der Waals surface area contributed by atoms with E-state index in [0.717, 1.165) is 11.3 Å². The predicted octanol–water partition coefficient (Wildman–Crippen LogP) is 3.80. The van der Waals surface area contributed by atoms with Crippen molar-refractivity contribution in [2.75, 3.05) is 5.32 Å². The topological polar surface area (TPSA) is 81.3 Å². The lowest BCUT2D eigenvalue weighted by molar-refractivity contribution is -0.116. The van der Waals surface area contributed by atoms with Crippen LogP contribution in [0.3, 0.4) is 0 Å². The molecule has 0 aliphatic heterocycles. The molecule has 0 aliphatic rings. The lowest BCUT2D eigenvalue weighted by atomic mass is 10.2. The Kier molecular flexibility index (Phi) is 5.40. The predicted molar refractivity (Wildman–Crippen MR) is 124 cm³/mol. The van der Waals surface area contributed by atoms with Crippen molar-refractivity contribution in [2.24, 2.45) is 0 Å². The van der Waals surface area contributed by atoms with Crippen LogP contribution in [-0.2, 0) is 17.8 Å². The van der Waals surface area contributed by atoms with Gasteiger partial charge in [-0.2, -0.15) is 0 Å². The summed E-state index contributed by atoms with van der Waals surface area (Å²) in [5, 5.41) is 12.0. The van der Waals surface area contributed by atoms with E-state index < -0.39 is 0 Å². The van der Waals surface area contributed by atoms with Crippen LogP contribution in [0.5, 0.6) is 0 Å². The molecule has 0 spiro atoms. The molecule has 164 valence electrons. The van der Waals surface area contributed by atoms with Crippen LogP contribution in [0.4, 0.5) is 10.1 Å². The van der Waals surface area contributed by atoms with Gasteiger partial charge in [-0.05, 0) is 42.0 Å². The number of hydrogen-bond donors (Lipinski definition) is 1. The highest BCUT2D eigenvalue weighted by atomic mass is 19.1. The number of benzene rings is 3. The second kappa shape index (κ2) is 8.66. The highest BCUT2D eigenvalue weighted by Gasteiger charge is 2.17. The summed E-state index contributed by atoms with van der Waals surface area (Å²) in [6, 6.07) is 22.5. The SMILES string of the molecule is O=C(CCc1nnc2n(Cc3ccc(F)cc3)c(=O)c3ccccc3n12)Nc1ccccc1. The molecule has 8 heteroatoms. The zero-order valence-corrected chi connectivity index (χ0v) is 17.6. The van der Waals surface area contributed by atoms with Crippen molar-refractivity contribution in [1.29, 1.82) is 0 Å². The maximum Gasteiger partial charge on any atom is 0.263 e. The van der Waals surface area contributed by atoms with Crippen LogP contribution in [0.25, 0.3) is 16.7 Å². The molecule has 0 unspecified atom stereocenters. The molecule has 5 rings (SSSR count). The van der Waals surface area contributed by atoms with Gasteiger partial charge in [-0.25, -0.2) is 4.39 Å². The molecule has 7 nitrogen and oxygen atoms in total. The summed E-state index contributed by atoms with van der Waals surface area (Å²) in [4.78, 5) is 25.7. The van der Waals surface area contributed by atoms with Crippen LogP contribution in [0, 0.1) is 5.82 Å². The lowest BCUT2D eigenvalue weighted by Crippen LogP contribution is -2.24. The Morgan fingerprint density at radius 3 is 2.42 bits per heavy atom. The number of aryl methyl sites for hydroxylation is 1. The second-order valence-electron chi connectivity index (χ2n) is 7.70. The number of para-hydroxylation sites is 2. The molecule has 0 radical (unpaired) electrons. The summed E-state index contributed by atoms with van der Waals surface area (Å²) in [6.45, 7) is 0.222. The number of halogens is 1. The third-order valence-corrected chi connectivity index (χ3v) is 5.46. The first-order valence-electron chi connectivity index (χ1n) is 10.5. The third-order valence-electron chi connectivity index (χ3n) is 5.46. The maximum atomic E-state index is 13.3. The summed E-state index contributed by atoms with van der Waals surface area (Å²) in [7, 11) is 0. The van der Waals surface area contributed by atoms with E-state index in [1.54, 1.807) is 24.3 Å². The molecule has 2 aromatic heterocycles. The van der Waals surface area contributed by atoms with E-state index in [9.17, 15) is 14.0 Å². The van der Waals surface area contributed by atoms with Crippen molar-refractivity contribution in [3.05, 3.63) is 106 Å². The minimum atomic E-state index is -0.340. The second-order valence-corrected chi connectivity index (χ2v) is 7.70. The van der Waals surface area contributed by atoms with Crippen LogP contribution >= 0.6 is 0 Å². The van der Waals surface area contributed by atoms with Gasteiger partial charge in [0.15, 0.2) is 0 Å². The molecule has 0 saturated carbocycles. The molecule has 1 amide bonds. The molecule has 0 fully saturated rings. The minimum absolute atomic E-state index is 0.137. The summed E-state index contributed by atoms with van der Waals surface area (Å²) in [5.74, 6) is 0.481. The van der Waals surface area contributed by atoms with E-state index in [4.69, 9.17) is 0 Å². The van der Waals surface area contributed by atoms with Gasteiger partial charge in [-0.1, -0.05) is 42.5 Å². The van der Waals surface area contributed by atoms with E-state index in [0.29, 0.717) is 28.9 Å². The Morgan fingerprint density at radius 1 is 0.909 bits per heavy atom. The van der Waals surface area contributed by atoms with Crippen molar-refractivity contribution >= 4 is 28.3 Å². The summed E-state index contributed by atoms with van der Waals surface area (Å²) >= 11 is 0. The Morgan fingerprint density at radius 2 is 1.64 bits per heavy atom. The lowest BCUT2D eigenvalue weighted by Gasteiger charge is -2.11. The summed E-state index contributed by atoms with van der Waals surface area (Å²) in [6.07, 6.45) is 0.555. The monoisotopic (exact) mass is 441 g/mol. The number of anilines is 1. The van der Waals surface area contributed by atoms with Gasteiger partial charge in [0.25, 0.3) is 5.56 Å². The fraction of sp³-hybridized carbons (Fsp3) is 0.120. The standard InChI is InChI=1S/C25H20FN5O2/c26-18-12-10-17(11-13-18)16-30-24(33)20-8-4-5-9-21(20)31-22(28-29-25(30)31)14-15-23(32)27-19-6-2-1-3-7-19/h1-13H,14-16H2,(H,27,32). The van der Waals surface area contributed by atoms with E-state index in [1.165, 1.54) is 16.7 Å². The zero-order chi connectivity index (χ0) is 22.8. The number of fused-ring (bicyclic) bond motifs is 3. The van der Waals surface area contributed by atoms with Crippen molar-refractivity contribution < 1.29 is 9.18 Å². The number of carbonyl (C=O) groups is 1. The first-order valence-corrected chi connectivity index (χ1v) is 10.5. The average Bonchev–Trinajstić information content (AvgIpc) is 3.26. The first kappa shape index (κ1) is 20.6. The van der Waals surface area contributed by atoms with E-state index in [-0.39, 0.29) is 30.2 Å². The Labute approximate surface area is 188 Å². The van der Waals surface area contributed by atoms with Crippen molar-refractivity contribution in [1.82, 2.24) is 19.2 Å². The van der Waals surface area contributed by atoms with Crippen LogP contribution in [-0.4, -0.2) is 25.1 Å². The van der Waals surface area contributed by atoms with Gasteiger partial charge < -0.3 is 5.32 Å². The molecule has 1 N–H and O–H groups in total. The summed E-state index contributed by atoms with van der Waals surface area (Å²) < 4.78 is 16.7. The number of rotatable bonds is 6. The van der Waals surface area contributed by atoms with Gasteiger partial charge in [0.2, 0.25) is 11.7 Å². The molecular formula is C25H20FN5O2. The highest BCUT2D eigenvalue weighted by molar-refractivity contribution is 5.90. The summed E-state index contributed by atoms with van der Waals surface area (Å²) in [5.41, 5.74) is 1.97. The number of hydrogen-bond acceptors (Lipinski definition) is 4. The van der Waals surface area contributed by atoms with E-state index >= 15 is 0 Å². The van der Waals surface area contributed by atoms with Crippen LogP contribution in [0.2, 0.25) is 0 Å². The normalized spacial score (nSPS) is 11.2. The van der Waals surface area contributed by atoms with E-state index in [1.807, 2.05) is 46.9 Å². The Hall–Kier alpha value is -4.33. The third kappa shape index (κ3) is 4.10. The number of amides is 1. The molecular weight excluding hydrogens is 421 g/mol. The highest BCUT2D eigenvalue weighted by Crippen LogP contribution is 2.17. The first-order chi connectivity index (χ1) is 16.1. The largest absolute Gasteiger partial charge is 0.326 e. The Bertz CT molecular complexity index is 1510. The van der Waals surface area contributed by atoms with Crippen LogP contribution in [0.1, 0.15) is 17.8 Å².